The lowest BCUT2D eigenvalue weighted by atomic mass is 10.0. The van der Waals surface area contributed by atoms with E-state index < -0.39 is 0 Å². The Morgan fingerprint density at radius 2 is 1.62 bits per heavy atom. The van der Waals surface area contributed by atoms with Crippen molar-refractivity contribution in [2.75, 3.05) is 53.4 Å². The highest BCUT2D eigenvalue weighted by Crippen LogP contribution is 2.41. The van der Waals surface area contributed by atoms with Crippen molar-refractivity contribution in [1.29, 1.82) is 5.26 Å². The normalized spacial score (nSPS) is 15.0. The molecule has 5 rings (SSSR count). The fraction of sp³-hybridized carbons (Fsp3) is 0.515. The number of fused-ring (bicyclic) bond motifs is 1. The van der Waals surface area contributed by atoms with Crippen molar-refractivity contribution < 1.29 is 9.53 Å². The van der Waals surface area contributed by atoms with E-state index in [4.69, 9.17) is 9.53 Å². The molecule has 0 bridgehead atoms. The average Bonchev–Trinajstić information content (AvgIpc) is 3.80. The number of aryl methyl sites for hydroxylation is 1. The van der Waals surface area contributed by atoms with E-state index in [0.29, 0.717) is 6.61 Å². The van der Waals surface area contributed by atoms with Crippen LogP contribution in [0.25, 0.3) is 22.2 Å². The van der Waals surface area contributed by atoms with Gasteiger partial charge in [0.2, 0.25) is 0 Å². The summed E-state index contributed by atoms with van der Waals surface area (Å²) >= 11 is 0. The first-order valence-electron chi connectivity index (χ1n) is 14.7. The molecule has 0 spiro atoms. The molecule has 7 nitrogen and oxygen atoms in total. The van der Waals surface area contributed by atoms with Gasteiger partial charge in [-0.1, -0.05) is 44.5 Å². The lowest BCUT2D eigenvalue weighted by Crippen LogP contribution is -2.44. The van der Waals surface area contributed by atoms with Gasteiger partial charge in [0.25, 0.3) is 0 Å². The van der Waals surface area contributed by atoms with Gasteiger partial charge in [-0.25, -0.2) is 0 Å². The Bertz CT molecular complexity index is 1190. The van der Waals surface area contributed by atoms with Gasteiger partial charge in [0.15, 0.2) is 0 Å². The van der Waals surface area contributed by atoms with Crippen LogP contribution in [0.1, 0.15) is 63.5 Å². The van der Waals surface area contributed by atoms with Crippen LogP contribution in [0.3, 0.4) is 0 Å². The molecule has 3 aromatic rings. The van der Waals surface area contributed by atoms with Gasteiger partial charge in [-0.2, -0.15) is 5.26 Å². The number of ether oxygens (including phenoxy) is 1. The summed E-state index contributed by atoms with van der Waals surface area (Å²) in [5.74, 6) is 1.62. The molecule has 1 aromatic heterocycles. The van der Waals surface area contributed by atoms with Crippen LogP contribution in [0, 0.1) is 11.3 Å². The molecule has 1 saturated heterocycles. The number of nitrogens with zero attached hydrogens (tertiary/aromatic N) is 4. The molecular weight excluding hydrogens is 498 g/mol. The van der Waals surface area contributed by atoms with Gasteiger partial charge in [-0.05, 0) is 69.5 Å². The summed E-state index contributed by atoms with van der Waals surface area (Å²) in [6.07, 6.45) is 4.88. The number of hydrogen-bond donors (Lipinski definition) is 1. The van der Waals surface area contributed by atoms with E-state index in [1.165, 1.54) is 31.9 Å². The van der Waals surface area contributed by atoms with Crippen molar-refractivity contribution in [3.05, 3.63) is 53.6 Å². The van der Waals surface area contributed by atoms with E-state index >= 15 is 0 Å². The van der Waals surface area contributed by atoms with Gasteiger partial charge >= 0.3 is 0 Å². The van der Waals surface area contributed by atoms with Gasteiger partial charge < -0.3 is 29.6 Å². The van der Waals surface area contributed by atoms with Gasteiger partial charge in [-0.3, -0.25) is 0 Å². The maximum atomic E-state index is 10.0. The van der Waals surface area contributed by atoms with Crippen molar-refractivity contribution in [3.63, 3.8) is 0 Å². The zero-order chi connectivity index (χ0) is 29.5. The Hall–Kier alpha value is -3.18. The van der Waals surface area contributed by atoms with Gasteiger partial charge in [0, 0.05) is 50.7 Å². The topological polar surface area (TPSA) is 87.5 Å². The van der Waals surface area contributed by atoms with Crippen LogP contribution in [0.5, 0.6) is 5.75 Å². The third kappa shape index (κ3) is 8.66. The van der Waals surface area contributed by atoms with Crippen LogP contribution < -0.4 is 10.5 Å². The number of likely N-dealkylation sites (N-methyl/N-ethyl adjacent to an activating group) is 1. The number of benzene rings is 2. The van der Waals surface area contributed by atoms with E-state index in [1.54, 1.807) is 0 Å². The predicted molar refractivity (Wildman–Crippen MR) is 167 cm³/mol. The second-order valence-corrected chi connectivity index (χ2v) is 10.2. The van der Waals surface area contributed by atoms with E-state index in [1.807, 2.05) is 12.9 Å². The molecule has 40 heavy (non-hydrogen) atoms. The molecule has 1 aliphatic carbocycles. The Kier molecular flexibility index (Phi) is 14.4. The molecule has 218 valence electrons. The Labute approximate surface area is 241 Å². The largest absolute Gasteiger partial charge is 0.493 e. The first-order valence-corrected chi connectivity index (χ1v) is 14.7. The average molecular weight is 548 g/mol. The highest BCUT2D eigenvalue weighted by Gasteiger charge is 2.24. The highest BCUT2D eigenvalue weighted by atomic mass is 16.5. The Morgan fingerprint density at radius 1 is 1.00 bits per heavy atom. The second kappa shape index (κ2) is 17.5. The minimum Gasteiger partial charge on any atom is -0.493 e. The summed E-state index contributed by atoms with van der Waals surface area (Å²) in [6, 6.07) is 17.5. The summed E-state index contributed by atoms with van der Waals surface area (Å²) in [5.41, 5.74) is 9.89. The van der Waals surface area contributed by atoms with Crippen molar-refractivity contribution in [2.24, 2.45) is 5.73 Å². The fourth-order valence-corrected chi connectivity index (χ4v) is 5.04. The van der Waals surface area contributed by atoms with Crippen molar-refractivity contribution in [3.8, 4) is 23.1 Å². The Morgan fingerprint density at radius 3 is 2.17 bits per heavy atom. The summed E-state index contributed by atoms with van der Waals surface area (Å²) in [5, 5.41) is 11.0. The molecule has 2 fully saturated rings. The number of carbonyl (C=O) groups is 1. The maximum Gasteiger partial charge on any atom is 0.121 e. The van der Waals surface area contributed by atoms with Crippen molar-refractivity contribution in [2.45, 2.75) is 58.9 Å². The van der Waals surface area contributed by atoms with E-state index in [0.717, 1.165) is 85.1 Å². The number of nitriles is 1. The van der Waals surface area contributed by atoms with E-state index in [-0.39, 0.29) is 0 Å². The van der Waals surface area contributed by atoms with Crippen LogP contribution in [0.4, 0.5) is 0 Å². The quantitative estimate of drug-likeness (QED) is 0.353. The van der Waals surface area contributed by atoms with Gasteiger partial charge in [-0.15, -0.1) is 0 Å². The smallest absolute Gasteiger partial charge is 0.121 e. The van der Waals surface area contributed by atoms with Crippen LogP contribution >= 0.6 is 0 Å². The fourth-order valence-electron chi connectivity index (χ4n) is 5.04. The molecule has 2 heterocycles. The molecule has 7 heteroatoms. The molecule has 0 unspecified atom stereocenters. The number of nitrogens with two attached hydrogens (primary N) is 1. The zero-order valence-electron chi connectivity index (χ0n) is 25.3. The van der Waals surface area contributed by atoms with Crippen molar-refractivity contribution in [1.82, 2.24) is 14.4 Å². The SMILES string of the molecule is C=O.CCC.CCn1c(-c2ccc(C3CC3)cc2)c(C#N)c2ccc(OCCCN3CCN(C)CC3)cc21.CN. The molecule has 1 saturated carbocycles. The van der Waals surface area contributed by atoms with Crippen LogP contribution in [-0.4, -0.2) is 74.6 Å². The first kappa shape index (κ1) is 33.0. The van der Waals surface area contributed by atoms with Gasteiger partial charge in [0.05, 0.1) is 23.4 Å². The third-order valence-electron chi connectivity index (χ3n) is 7.18. The van der Waals surface area contributed by atoms with Crippen LogP contribution in [-0.2, 0) is 11.3 Å². The molecule has 2 aromatic carbocycles. The van der Waals surface area contributed by atoms with Gasteiger partial charge in [0.1, 0.15) is 18.6 Å². The summed E-state index contributed by atoms with van der Waals surface area (Å²) in [7, 11) is 3.69. The third-order valence-corrected chi connectivity index (χ3v) is 7.18. The van der Waals surface area contributed by atoms with Crippen molar-refractivity contribution >= 4 is 17.7 Å². The molecule has 0 radical (unpaired) electrons. The molecular formula is C33H49N5O2. The van der Waals surface area contributed by atoms with Crippen LogP contribution in [0.15, 0.2) is 42.5 Å². The Balaban J connectivity index is 0.000000737. The monoisotopic (exact) mass is 547 g/mol. The highest BCUT2D eigenvalue weighted by molar-refractivity contribution is 5.95. The summed E-state index contributed by atoms with van der Waals surface area (Å²) < 4.78 is 8.39. The van der Waals surface area contributed by atoms with Crippen LogP contribution in [0.2, 0.25) is 0 Å². The number of carbonyl (C=O) groups excluding carboxylic acids is 1. The molecule has 0 atom stereocenters. The lowest BCUT2D eigenvalue weighted by Gasteiger charge is -2.32. The lowest BCUT2D eigenvalue weighted by molar-refractivity contribution is -0.0980. The minimum atomic E-state index is 0.714. The minimum absolute atomic E-state index is 0.714. The predicted octanol–water partition coefficient (Wildman–Crippen LogP) is 5.90. The summed E-state index contributed by atoms with van der Waals surface area (Å²) in [4.78, 5) is 12.9. The number of hydrogen-bond acceptors (Lipinski definition) is 6. The molecule has 2 aliphatic rings. The standard InChI is InChI=1S/C28H34N4O.C3H8.CH5N.CH2O/c1-3-32-27-19-24(33-18-4-13-31-16-14-30(2)15-17-31)11-12-25(27)26(20-29)28(32)23-9-7-22(8-10-23)21-5-6-21;1-3-2;2*1-2/h7-12,19,21H,3-6,13-18H2,1-2H3;3H2,1-2H3;2H2,1H3;1H2. The second-order valence-electron chi connectivity index (χ2n) is 10.2. The molecule has 1 aliphatic heterocycles. The zero-order valence-corrected chi connectivity index (χ0v) is 25.3. The molecule has 2 N–H and O–H groups in total. The number of piperazine rings is 1. The number of aromatic nitrogens is 1. The summed E-state index contributed by atoms with van der Waals surface area (Å²) in [6.45, 7) is 15.6. The molecule has 0 amide bonds. The first-order chi connectivity index (χ1) is 19.6. The maximum absolute atomic E-state index is 10.0. The van der Waals surface area contributed by atoms with E-state index in [2.05, 4.69) is 90.4 Å². The number of rotatable bonds is 8. The van der Waals surface area contributed by atoms with E-state index in [9.17, 15) is 5.26 Å².